The van der Waals surface area contributed by atoms with E-state index in [9.17, 15) is 0 Å². The van der Waals surface area contributed by atoms with Gasteiger partial charge in [0.05, 0.1) is 27.8 Å². The maximum absolute atomic E-state index is 5.27. The van der Waals surface area contributed by atoms with Gasteiger partial charge in [0.2, 0.25) is 5.95 Å². The monoisotopic (exact) mass is 715 g/mol. The van der Waals surface area contributed by atoms with Crippen molar-refractivity contribution in [2.45, 2.75) is 0 Å². The SMILES string of the molecule is c1ccc(-c2nc(-c3ccc(-c4ccccc4-n4c5ccccc5c5ccccc54)cc3)nc(-n3c4ccccc4c4cccc(-c5ccccc5)c43)n2)cc1. The van der Waals surface area contributed by atoms with Crippen molar-refractivity contribution in [3.63, 3.8) is 0 Å². The van der Waals surface area contributed by atoms with Gasteiger partial charge in [-0.15, -0.1) is 0 Å². The molecule has 0 amide bonds. The molecule has 56 heavy (non-hydrogen) atoms. The first-order valence-corrected chi connectivity index (χ1v) is 18.9. The molecule has 0 aliphatic heterocycles. The molecular weight excluding hydrogens is 683 g/mol. The lowest BCUT2D eigenvalue weighted by atomic mass is 10.0. The van der Waals surface area contributed by atoms with E-state index in [1.165, 1.54) is 21.8 Å². The molecule has 0 aliphatic carbocycles. The van der Waals surface area contributed by atoms with Gasteiger partial charge in [0, 0.05) is 43.8 Å². The fourth-order valence-corrected chi connectivity index (χ4v) is 8.28. The molecule has 262 valence electrons. The second-order valence-corrected chi connectivity index (χ2v) is 14.0. The first-order valence-electron chi connectivity index (χ1n) is 18.9. The Bertz CT molecular complexity index is 3180. The number of hydrogen-bond donors (Lipinski definition) is 0. The van der Waals surface area contributed by atoms with Gasteiger partial charge in [-0.1, -0.05) is 176 Å². The highest BCUT2D eigenvalue weighted by Crippen LogP contribution is 2.39. The highest BCUT2D eigenvalue weighted by atomic mass is 15.2. The van der Waals surface area contributed by atoms with Crippen molar-refractivity contribution in [2.24, 2.45) is 0 Å². The van der Waals surface area contributed by atoms with Gasteiger partial charge in [-0.25, -0.2) is 4.98 Å². The van der Waals surface area contributed by atoms with Gasteiger partial charge in [-0.3, -0.25) is 4.57 Å². The van der Waals surface area contributed by atoms with E-state index in [1.807, 2.05) is 18.2 Å². The normalized spacial score (nSPS) is 11.6. The second-order valence-electron chi connectivity index (χ2n) is 14.0. The molecule has 5 heteroatoms. The molecule has 0 fully saturated rings. The van der Waals surface area contributed by atoms with E-state index in [4.69, 9.17) is 15.0 Å². The summed E-state index contributed by atoms with van der Waals surface area (Å²) in [6.45, 7) is 0. The summed E-state index contributed by atoms with van der Waals surface area (Å²) in [6.07, 6.45) is 0. The number of fused-ring (bicyclic) bond motifs is 6. The van der Waals surface area contributed by atoms with E-state index in [-0.39, 0.29) is 0 Å². The van der Waals surface area contributed by atoms with Crippen molar-refractivity contribution in [3.8, 4) is 56.7 Å². The molecule has 0 saturated carbocycles. The van der Waals surface area contributed by atoms with E-state index in [1.54, 1.807) is 0 Å². The molecule has 0 saturated heterocycles. The van der Waals surface area contributed by atoms with Crippen molar-refractivity contribution < 1.29 is 0 Å². The number of rotatable bonds is 6. The smallest absolute Gasteiger partial charge is 0.238 e. The first kappa shape index (κ1) is 31.9. The molecule has 0 bridgehead atoms. The lowest BCUT2D eigenvalue weighted by molar-refractivity contribution is 0.954. The van der Waals surface area contributed by atoms with E-state index < -0.39 is 0 Å². The summed E-state index contributed by atoms with van der Waals surface area (Å²) in [5, 5.41) is 4.78. The van der Waals surface area contributed by atoms with Crippen molar-refractivity contribution in [1.29, 1.82) is 0 Å². The van der Waals surface area contributed by atoms with Gasteiger partial charge in [-0.2, -0.15) is 9.97 Å². The van der Waals surface area contributed by atoms with Crippen molar-refractivity contribution >= 4 is 43.6 Å². The fourth-order valence-electron chi connectivity index (χ4n) is 8.28. The van der Waals surface area contributed by atoms with Crippen LogP contribution < -0.4 is 0 Å². The number of nitrogens with zero attached hydrogens (tertiary/aromatic N) is 5. The first-order chi connectivity index (χ1) is 27.8. The summed E-state index contributed by atoms with van der Waals surface area (Å²) >= 11 is 0. The van der Waals surface area contributed by atoms with Crippen molar-refractivity contribution in [1.82, 2.24) is 24.1 Å². The molecule has 0 spiro atoms. The maximum Gasteiger partial charge on any atom is 0.238 e. The minimum absolute atomic E-state index is 0.573. The maximum atomic E-state index is 5.27. The van der Waals surface area contributed by atoms with Gasteiger partial charge in [-0.05, 0) is 35.4 Å². The standard InChI is InChI=1S/C51H33N5/c1-3-16-34(17-4-1)39-24-15-25-43-42-23-10-14-29-47(42)56(48(39)43)51-53-49(36-18-5-2-6-19-36)52-50(54-51)37-32-30-35(31-33-37)38-20-7-11-26-44(38)55-45-27-12-8-21-40(45)41-22-9-13-28-46(41)55/h1-33H. The zero-order chi connectivity index (χ0) is 37.0. The molecule has 11 rings (SSSR count). The fraction of sp³-hybridized carbons (Fsp3) is 0. The number of para-hydroxylation sites is 5. The van der Waals surface area contributed by atoms with Crippen LogP contribution in [0.2, 0.25) is 0 Å². The molecule has 8 aromatic carbocycles. The zero-order valence-electron chi connectivity index (χ0n) is 30.3. The van der Waals surface area contributed by atoms with Crippen LogP contribution in [0.1, 0.15) is 0 Å². The Kier molecular flexibility index (Phi) is 7.42. The number of hydrogen-bond acceptors (Lipinski definition) is 3. The van der Waals surface area contributed by atoms with Gasteiger partial charge >= 0.3 is 0 Å². The van der Waals surface area contributed by atoms with Crippen LogP contribution in [-0.4, -0.2) is 24.1 Å². The Morgan fingerprint density at radius 2 is 0.714 bits per heavy atom. The molecule has 5 nitrogen and oxygen atoms in total. The minimum Gasteiger partial charge on any atom is -0.309 e. The quantitative estimate of drug-likeness (QED) is 0.172. The average molecular weight is 716 g/mol. The Morgan fingerprint density at radius 3 is 1.36 bits per heavy atom. The van der Waals surface area contributed by atoms with Gasteiger partial charge in [0.25, 0.3) is 0 Å². The van der Waals surface area contributed by atoms with Crippen LogP contribution in [-0.2, 0) is 0 Å². The predicted molar refractivity (Wildman–Crippen MR) is 230 cm³/mol. The van der Waals surface area contributed by atoms with Crippen molar-refractivity contribution in [2.75, 3.05) is 0 Å². The lowest BCUT2D eigenvalue weighted by Crippen LogP contribution is -2.07. The molecule has 0 atom stereocenters. The third-order valence-corrected chi connectivity index (χ3v) is 10.8. The summed E-state index contributed by atoms with van der Waals surface area (Å²) in [7, 11) is 0. The molecular formula is C51H33N5. The summed E-state index contributed by atoms with van der Waals surface area (Å²) in [4.78, 5) is 15.6. The molecule has 3 aromatic heterocycles. The Morgan fingerprint density at radius 1 is 0.286 bits per heavy atom. The third-order valence-electron chi connectivity index (χ3n) is 10.8. The predicted octanol–water partition coefficient (Wildman–Crippen LogP) is 12.7. The molecule has 11 aromatic rings. The average Bonchev–Trinajstić information content (AvgIpc) is 3.80. The molecule has 0 N–H and O–H groups in total. The van der Waals surface area contributed by atoms with E-state index in [0.29, 0.717) is 17.6 Å². The summed E-state index contributed by atoms with van der Waals surface area (Å²) in [5.74, 6) is 1.80. The van der Waals surface area contributed by atoms with Gasteiger partial charge in [0.1, 0.15) is 0 Å². The number of benzene rings is 8. The van der Waals surface area contributed by atoms with Crippen LogP contribution in [0.3, 0.4) is 0 Å². The third kappa shape index (κ3) is 5.13. The zero-order valence-corrected chi connectivity index (χ0v) is 30.3. The lowest BCUT2D eigenvalue weighted by Gasteiger charge is -2.15. The highest BCUT2D eigenvalue weighted by Gasteiger charge is 2.21. The molecule has 0 radical (unpaired) electrons. The van der Waals surface area contributed by atoms with Crippen LogP contribution in [0.5, 0.6) is 0 Å². The Balaban J connectivity index is 1.09. The largest absolute Gasteiger partial charge is 0.309 e. The van der Waals surface area contributed by atoms with Crippen LogP contribution in [0.15, 0.2) is 200 Å². The highest BCUT2D eigenvalue weighted by molar-refractivity contribution is 6.13. The molecule has 0 aliphatic rings. The van der Waals surface area contributed by atoms with Crippen LogP contribution in [0, 0.1) is 0 Å². The molecule has 0 unspecified atom stereocenters. The molecule has 3 heterocycles. The van der Waals surface area contributed by atoms with E-state index >= 15 is 0 Å². The number of aromatic nitrogens is 5. The minimum atomic E-state index is 0.573. The van der Waals surface area contributed by atoms with Crippen LogP contribution >= 0.6 is 0 Å². The van der Waals surface area contributed by atoms with Crippen LogP contribution in [0.4, 0.5) is 0 Å². The summed E-state index contributed by atoms with van der Waals surface area (Å²) in [6, 6.07) is 70.3. The second kappa shape index (κ2) is 13.0. The van der Waals surface area contributed by atoms with Crippen molar-refractivity contribution in [3.05, 3.63) is 200 Å². The van der Waals surface area contributed by atoms with E-state index in [0.717, 1.165) is 60.9 Å². The Labute approximate surface area is 323 Å². The van der Waals surface area contributed by atoms with Gasteiger partial charge in [0.15, 0.2) is 11.6 Å². The van der Waals surface area contributed by atoms with E-state index in [2.05, 4.69) is 191 Å². The Hall–Kier alpha value is -7.63. The summed E-state index contributed by atoms with van der Waals surface area (Å²) < 4.78 is 4.59. The topological polar surface area (TPSA) is 48.5 Å². The van der Waals surface area contributed by atoms with Gasteiger partial charge < -0.3 is 4.57 Å². The van der Waals surface area contributed by atoms with Crippen LogP contribution in [0.25, 0.3) is 100 Å². The summed E-state index contributed by atoms with van der Waals surface area (Å²) in [5.41, 5.74) is 12.0.